The SMILES string of the molecule is Cc1ccc(C)n1-c1ccc(C(=O)NCCc2nccn2Cc2ccccc2)cc1. The van der Waals surface area contributed by atoms with E-state index in [1.165, 1.54) is 17.0 Å². The molecule has 0 unspecified atom stereocenters. The number of aryl methyl sites for hydroxylation is 2. The molecule has 0 aliphatic rings. The van der Waals surface area contributed by atoms with Crippen LogP contribution in [0.4, 0.5) is 0 Å². The molecule has 1 amide bonds. The van der Waals surface area contributed by atoms with Crippen LogP contribution in [-0.4, -0.2) is 26.6 Å². The maximum Gasteiger partial charge on any atom is 0.251 e. The smallest absolute Gasteiger partial charge is 0.251 e. The lowest BCUT2D eigenvalue weighted by atomic mass is 10.2. The van der Waals surface area contributed by atoms with Crippen LogP contribution >= 0.6 is 0 Å². The average molecular weight is 399 g/mol. The first-order chi connectivity index (χ1) is 14.6. The van der Waals surface area contributed by atoms with E-state index in [4.69, 9.17) is 0 Å². The standard InChI is InChI=1S/C25H26N4O/c1-19-8-9-20(2)29(19)23-12-10-22(11-13-23)25(30)27-15-14-24-26-16-17-28(24)18-21-6-4-3-5-7-21/h3-13,16-17H,14-15,18H2,1-2H3,(H,27,30). The number of hydrogen-bond acceptors (Lipinski definition) is 2. The number of nitrogens with one attached hydrogen (secondary N) is 1. The minimum atomic E-state index is -0.0661. The molecule has 0 aliphatic heterocycles. The highest BCUT2D eigenvalue weighted by molar-refractivity contribution is 5.94. The summed E-state index contributed by atoms with van der Waals surface area (Å²) < 4.78 is 4.30. The Kier molecular flexibility index (Phi) is 5.80. The van der Waals surface area contributed by atoms with E-state index in [0.29, 0.717) is 18.5 Å². The van der Waals surface area contributed by atoms with Gasteiger partial charge >= 0.3 is 0 Å². The molecule has 0 fully saturated rings. The monoisotopic (exact) mass is 398 g/mol. The number of hydrogen-bond donors (Lipinski definition) is 1. The summed E-state index contributed by atoms with van der Waals surface area (Å²) in [6, 6.07) is 22.2. The molecule has 1 N–H and O–H groups in total. The molecule has 0 saturated heterocycles. The number of rotatable bonds is 7. The van der Waals surface area contributed by atoms with E-state index < -0.39 is 0 Å². The quantitative estimate of drug-likeness (QED) is 0.504. The third kappa shape index (κ3) is 4.35. The third-order valence-corrected chi connectivity index (χ3v) is 5.29. The van der Waals surface area contributed by atoms with Gasteiger partial charge in [-0.1, -0.05) is 30.3 Å². The Labute approximate surface area is 177 Å². The van der Waals surface area contributed by atoms with Crippen molar-refractivity contribution < 1.29 is 4.79 Å². The van der Waals surface area contributed by atoms with Crippen LogP contribution in [0.2, 0.25) is 0 Å². The molecule has 5 nitrogen and oxygen atoms in total. The van der Waals surface area contributed by atoms with Gasteiger partial charge in [-0.05, 0) is 55.8 Å². The fourth-order valence-electron chi connectivity index (χ4n) is 3.72. The fraction of sp³-hybridized carbons (Fsp3) is 0.200. The summed E-state index contributed by atoms with van der Waals surface area (Å²) in [5.74, 6) is 0.900. The summed E-state index contributed by atoms with van der Waals surface area (Å²) in [6.45, 7) is 5.48. The van der Waals surface area contributed by atoms with E-state index in [9.17, 15) is 4.79 Å². The number of nitrogens with zero attached hydrogens (tertiary/aromatic N) is 3. The molecule has 2 aromatic heterocycles. The minimum absolute atomic E-state index is 0.0661. The Bertz CT molecular complexity index is 1100. The molecule has 4 aromatic rings. The topological polar surface area (TPSA) is 51.9 Å². The Morgan fingerprint density at radius 3 is 2.33 bits per heavy atom. The maximum absolute atomic E-state index is 12.5. The Morgan fingerprint density at radius 2 is 1.63 bits per heavy atom. The Balaban J connectivity index is 1.34. The van der Waals surface area contributed by atoms with E-state index in [-0.39, 0.29) is 5.91 Å². The molecule has 4 rings (SSSR count). The highest BCUT2D eigenvalue weighted by Gasteiger charge is 2.09. The van der Waals surface area contributed by atoms with Crippen molar-refractivity contribution in [1.82, 2.24) is 19.4 Å². The molecule has 0 bridgehead atoms. The zero-order valence-corrected chi connectivity index (χ0v) is 17.4. The predicted molar refractivity (Wildman–Crippen MR) is 119 cm³/mol. The first-order valence-corrected chi connectivity index (χ1v) is 10.2. The third-order valence-electron chi connectivity index (χ3n) is 5.29. The van der Waals surface area contributed by atoms with E-state index in [0.717, 1.165) is 18.1 Å². The average Bonchev–Trinajstić information content (AvgIpc) is 3.34. The van der Waals surface area contributed by atoms with Crippen LogP contribution in [0.5, 0.6) is 0 Å². The molecule has 5 heteroatoms. The van der Waals surface area contributed by atoms with Crippen molar-refractivity contribution in [2.45, 2.75) is 26.8 Å². The summed E-state index contributed by atoms with van der Waals surface area (Å²) in [5.41, 5.74) is 5.31. The summed E-state index contributed by atoms with van der Waals surface area (Å²) in [7, 11) is 0. The van der Waals surface area contributed by atoms with Gasteiger partial charge in [-0.2, -0.15) is 0 Å². The van der Waals surface area contributed by atoms with Crippen LogP contribution in [-0.2, 0) is 13.0 Å². The van der Waals surface area contributed by atoms with Crippen LogP contribution in [0.3, 0.4) is 0 Å². The van der Waals surface area contributed by atoms with Gasteiger partial charge in [-0.15, -0.1) is 0 Å². The number of amides is 1. The first-order valence-electron chi connectivity index (χ1n) is 10.2. The number of carbonyl (C=O) groups excluding carboxylic acids is 1. The number of carbonyl (C=O) groups is 1. The van der Waals surface area contributed by atoms with Crippen LogP contribution < -0.4 is 5.32 Å². The van der Waals surface area contributed by atoms with Crippen LogP contribution in [0.15, 0.2) is 79.1 Å². The molecular formula is C25H26N4O. The van der Waals surface area contributed by atoms with E-state index in [1.54, 1.807) is 0 Å². The van der Waals surface area contributed by atoms with Gasteiger partial charge in [0, 0.05) is 54.5 Å². The highest BCUT2D eigenvalue weighted by atomic mass is 16.1. The predicted octanol–water partition coefficient (Wildman–Crippen LogP) is 4.31. The summed E-state index contributed by atoms with van der Waals surface area (Å²) >= 11 is 0. The maximum atomic E-state index is 12.5. The molecule has 2 heterocycles. The largest absolute Gasteiger partial charge is 0.352 e. The van der Waals surface area contributed by atoms with Crippen molar-refractivity contribution in [3.05, 3.63) is 107 Å². The van der Waals surface area contributed by atoms with Crippen molar-refractivity contribution in [1.29, 1.82) is 0 Å². The van der Waals surface area contributed by atoms with Crippen LogP contribution in [0.1, 0.15) is 33.1 Å². The second-order valence-corrected chi connectivity index (χ2v) is 7.46. The van der Waals surface area contributed by atoms with Crippen molar-refractivity contribution >= 4 is 5.91 Å². The van der Waals surface area contributed by atoms with E-state index in [1.807, 2.05) is 54.9 Å². The van der Waals surface area contributed by atoms with Gasteiger partial charge in [-0.25, -0.2) is 4.98 Å². The van der Waals surface area contributed by atoms with Crippen LogP contribution in [0.25, 0.3) is 5.69 Å². The molecular weight excluding hydrogens is 372 g/mol. The van der Waals surface area contributed by atoms with Gasteiger partial charge in [0.2, 0.25) is 0 Å². The molecule has 152 valence electrons. The van der Waals surface area contributed by atoms with Crippen LogP contribution in [0, 0.1) is 13.8 Å². The summed E-state index contributed by atoms with van der Waals surface area (Å²) in [6.07, 6.45) is 4.48. The first kappa shape index (κ1) is 19.7. The van der Waals surface area contributed by atoms with Gasteiger partial charge in [0.25, 0.3) is 5.91 Å². The van der Waals surface area contributed by atoms with Crippen molar-refractivity contribution in [2.75, 3.05) is 6.54 Å². The normalized spacial score (nSPS) is 10.9. The molecule has 30 heavy (non-hydrogen) atoms. The summed E-state index contributed by atoms with van der Waals surface area (Å²) in [4.78, 5) is 17.0. The lowest BCUT2D eigenvalue weighted by Crippen LogP contribution is -2.26. The highest BCUT2D eigenvalue weighted by Crippen LogP contribution is 2.17. The molecule has 0 radical (unpaired) electrons. The van der Waals surface area contributed by atoms with Crippen molar-refractivity contribution in [2.24, 2.45) is 0 Å². The van der Waals surface area contributed by atoms with E-state index >= 15 is 0 Å². The fourth-order valence-corrected chi connectivity index (χ4v) is 3.72. The minimum Gasteiger partial charge on any atom is -0.352 e. The second-order valence-electron chi connectivity index (χ2n) is 7.46. The molecule has 0 aliphatic carbocycles. The van der Waals surface area contributed by atoms with Gasteiger partial charge in [0.15, 0.2) is 0 Å². The van der Waals surface area contributed by atoms with Crippen molar-refractivity contribution in [3.63, 3.8) is 0 Å². The van der Waals surface area contributed by atoms with Gasteiger partial charge in [0.1, 0.15) is 5.82 Å². The molecule has 0 spiro atoms. The lowest BCUT2D eigenvalue weighted by Gasteiger charge is -2.11. The number of aromatic nitrogens is 3. The summed E-state index contributed by atoms with van der Waals surface area (Å²) in [5, 5.41) is 3.01. The molecule has 0 atom stereocenters. The Hall–Kier alpha value is -3.60. The molecule has 2 aromatic carbocycles. The van der Waals surface area contributed by atoms with E-state index in [2.05, 4.69) is 57.5 Å². The number of imidazole rings is 1. The zero-order valence-electron chi connectivity index (χ0n) is 17.4. The van der Waals surface area contributed by atoms with Crippen molar-refractivity contribution in [3.8, 4) is 5.69 Å². The second kappa shape index (κ2) is 8.82. The zero-order chi connectivity index (χ0) is 20.9. The van der Waals surface area contributed by atoms with Gasteiger partial charge in [0.05, 0.1) is 0 Å². The lowest BCUT2D eigenvalue weighted by molar-refractivity contribution is 0.0954. The molecule has 0 saturated carbocycles. The van der Waals surface area contributed by atoms with Gasteiger partial charge in [-0.3, -0.25) is 4.79 Å². The number of benzene rings is 2. The van der Waals surface area contributed by atoms with Gasteiger partial charge < -0.3 is 14.5 Å². The Morgan fingerprint density at radius 1 is 0.933 bits per heavy atom.